The van der Waals surface area contributed by atoms with E-state index in [2.05, 4.69) is 20.5 Å². The Balaban J connectivity index is 2.07. The molecule has 2 rings (SSSR count). The highest BCUT2D eigenvalue weighted by atomic mass is 16.6. The molecule has 1 aromatic carbocycles. The van der Waals surface area contributed by atoms with Crippen molar-refractivity contribution in [3.8, 4) is 0 Å². The van der Waals surface area contributed by atoms with Crippen LogP contribution >= 0.6 is 0 Å². The van der Waals surface area contributed by atoms with Crippen LogP contribution in [0, 0.1) is 10.1 Å². The monoisotopic (exact) mass is 234 g/mol. The van der Waals surface area contributed by atoms with E-state index in [1.807, 2.05) is 0 Å². The number of nitrogen functional groups attached to an aromatic ring is 1. The maximum atomic E-state index is 10.6. The second-order valence-electron chi connectivity index (χ2n) is 3.32. The second-order valence-corrected chi connectivity index (χ2v) is 3.32. The molecule has 2 aromatic rings. The van der Waals surface area contributed by atoms with E-state index in [1.54, 1.807) is 6.07 Å². The van der Waals surface area contributed by atoms with E-state index >= 15 is 0 Å². The van der Waals surface area contributed by atoms with Crippen LogP contribution < -0.4 is 11.1 Å². The lowest BCUT2D eigenvalue weighted by Crippen LogP contribution is -2.03. The lowest BCUT2D eigenvalue weighted by atomic mass is 10.2. The third-order valence-corrected chi connectivity index (χ3v) is 2.15. The Morgan fingerprint density at radius 3 is 2.94 bits per heavy atom. The second kappa shape index (κ2) is 4.47. The number of H-pyrrole nitrogens is 1. The van der Waals surface area contributed by atoms with Crippen LogP contribution in [0.1, 0.15) is 5.82 Å². The van der Waals surface area contributed by atoms with Crippen molar-refractivity contribution in [1.29, 1.82) is 0 Å². The van der Waals surface area contributed by atoms with E-state index in [-0.39, 0.29) is 11.4 Å². The van der Waals surface area contributed by atoms with Gasteiger partial charge in [0.25, 0.3) is 5.69 Å². The average Bonchev–Trinajstić information content (AvgIpc) is 2.78. The fourth-order valence-corrected chi connectivity index (χ4v) is 1.33. The van der Waals surface area contributed by atoms with Gasteiger partial charge in [-0.3, -0.25) is 15.2 Å². The molecule has 0 saturated heterocycles. The van der Waals surface area contributed by atoms with Crippen molar-refractivity contribution in [1.82, 2.24) is 15.2 Å². The minimum absolute atomic E-state index is 0.102. The highest BCUT2D eigenvalue weighted by molar-refractivity contribution is 5.65. The standard InChI is InChI=1S/C9H10N6O2/c10-7-3-6(1-2-8(7)15(16)17)11-4-9-12-5-13-14-9/h1-3,5,11H,4,10H2,(H,12,13,14). The van der Waals surface area contributed by atoms with Gasteiger partial charge in [-0.05, 0) is 12.1 Å². The van der Waals surface area contributed by atoms with Crippen LogP contribution in [-0.4, -0.2) is 20.1 Å². The minimum Gasteiger partial charge on any atom is -0.393 e. The molecule has 0 fully saturated rings. The van der Waals surface area contributed by atoms with Gasteiger partial charge >= 0.3 is 0 Å². The van der Waals surface area contributed by atoms with Crippen molar-refractivity contribution in [2.75, 3.05) is 11.1 Å². The number of nitrogens with zero attached hydrogens (tertiary/aromatic N) is 3. The van der Waals surface area contributed by atoms with Gasteiger partial charge in [-0.15, -0.1) is 0 Å². The molecule has 88 valence electrons. The third kappa shape index (κ3) is 2.48. The van der Waals surface area contributed by atoms with Gasteiger partial charge in [0, 0.05) is 11.8 Å². The van der Waals surface area contributed by atoms with Crippen LogP contribution in [0.3, 0.4) is 0 Å². The number of nitrogens with one attached hydrogen (secondary N) is 2. The molecule has 1 aromatic heterocycles. The number of hydrogen-bond donors (Lipinski definition) is 3. The average molecular weight is 234 g/mol. The SMILES string of the molecule is Nc1cc(NCc2ncn[nH]2)ccc1[N+](=O)[O-]. The van der Waals surface area contributed by atoms with Gasteiger partial charge < -0.3 is 11.1 Å². The number of nitrogens with two attached hydrogens (primary N) is 1. The van der Waals surface area contributed by atoms with Crippen LogP contribution in [-0.2, 0) is 6.54 Å². The molecule has 8 heteroatoms. The molecule has 4 N–H and O–H groups in total. The van der Waals surface area contributed by atoms with E-state index in [4.69, 9.17) is 5.73 Å². The van der Waals surface area contributed by atoms with E-state index in [1.165, 1.54) is 18.5 Å². The molecule has 8 nitrogen and oxygen atoms in total. The summed E-state index contributed by atoms with van der Waals surface area (Å²) >= 11 is 0. The summed E-state index contributed by atoms with van der Waals surface area (Å²) in [6.45, 7) is 0.442. The summed E-state index contributed by atoms with van der Waals surface area (Å²) < 4.78 is 0. The smallest absolute Gasteiger partial charge is 0.292 e. The number of anilines is 2. The summed E-state index contributed by atoms with van der Waals surface area (Å²) in [5.41, 5.74) is 6.26. The molecule has 0 unspecified atom stereocenters. The van der Waals surface area contributed by atoms with Crippen LogP contribution in [0.5, 0.6) is 0 Å². The predicted molar refractivity (Wildman–Crippen MR) is 61.2 cm³/mol. The number of benzene rings is 1. The molecule has 0 aliphatic carbocycles. The lowest BCUT2D eigenvalue weighted by Gasteiger charge is -2.05. The summed E-state index contributed by atoms with van der Waals surface area (Å²) in [6.07, 6.45) is 1.40. The number of hydrogen-bond acceptors (Lipinski definition) is 6. The van der Waals surface area contributed by atoms with E-state index < -0.39 is 4.92 Å². The molecule has 0 aliphatic heterocycles. The van der Waals surface area contributed by atoms with Gasteiger partial charge in [0.05, 0.1) is 11.5 Å². The van der Waals surface area contributed by atoms with E-state index in [0.29, 0.717) is 18.1 Å². The van der Waals surface area contributed by atoms with Gasteiger partial charge in [-0.1, -0.05) is 0 Å². The maximum Gasteiger partial charge on any atom is 0.292 e. The lowest BCUT2D eigenvalue weighted by molar-refractivity contribution is -0.383. The molecule has 17 heavy (non-hydrogen) atoms. The van der Waals surface area contributed by atoms with Crippen LogP contribution in [0.4, 0.5) is 17.1 Å². The van der Waals surface area contributed by atoms with Crippen molar-refractivity contribution in [2.24, 2.45) is 0 Å². The summed E-state index contributed by atoms with van der Waals surface area (Å²) in [5.74, 6) is 0.668. The quantitative estimate of drug-likeness (QED) is 0.410. The Bertz CT molecular complexity index is 524. The topological polar surface area (TPSA) is 123 Å². The molecular weight excluding hydrogens is 224 g/mol. The van der Waals surface area contributed by atoms with Gasteiger partial charge in [0.1, 0.15) is 17.8 Å². The first kappa shape index (κ1) is 10.9. The molecule has 0 radical (unpaired) electrons. The Kier molecular flexibility index (Phi) is 2.86. The highest BCUT2D eigenvalue weighted by Gasteiger charge is 2.10. The van der Waals surface area contributed by atoms with E-state index in [0.717, 1.165) is 0 Å². The molecule has 0 aliphatic rings. The highest BCUT2D eigenvalue weighted by Crippen LogP contribution is 2.24. The first-order valence-corrected chi connectivity index (χ1v) is 4.79. The van der Waals surface area contributed by atoms with Crippen LogP contribution in [0.2, 0.25) is 0 Å². The Morgan fingerprint density at radius 1 is 1.53 bits per heavy atom. The summed E-state index contributed by atoms with van der Waals surface area (Å²) in [4.78, 5) is 14.0. The Morgan fingerprint density at radius 2 is 2.35 bits per heavy atom. The number of rotatable bonds is 4. The molecule has 1 heterocycles. The summed E-state index contributed by atoms with van der Waals surface area (Å²) in [6, 6.07) is 4.46. The van der Waals surface area contributed by atoms with Crippen molar-refractivity contribution >= 4 is 17.1 Å². The van der Waals surface area contributed by atoms with Crippen LogP contribution in [0.15, 0.2) is 24.5 Å². The zero-order valence-corrected chi connectivity index (χ0v) is 8.75. The number of aromatic nitrogens is 3. The largest absolute Gasteiger partial charge is 0.393 e. The van der Waals surface area contributed by atoms with Gasteiger partial charge in [0.2, 0.25) is 0 Å². The zero-order valence-electron chi connectivity index (χ0n) is 8.75. The fraction of sp³-hybridized carbons (Fsp3) is 0.111. The molecular formula is C9H10N6O2. The summed E-state index contributed by atoms with van der Waals surface area (Å²) in [7, 11) is 0. The normalized spacial score (nSPS) is 10.1. The van der Waals surface area contributed by atoms with Gasteiger partial charge in [0.15, 0.2) is 0 Å². The molecule has 0 atom stereocenters. The molecule has 0 saturated carbocycles. The Hall–Kier alpha value is -2.64. The first-order valence-electron chi connectivity index (χ1n) is 4.79. The number of nitro groups is 1. The van der Waals surface area contributed by atoms with Gasteiger partial charge in [-0.25, -0.2) is 4.98 Å². The van der Waals surface area contributed by atoms with Crippen molar-refractivity contribution < 1.29 is 4.92 Å². The Labute approximate surface area is 96.0 Å². The minimum atomic E-state index is -0.518. The molecule has 0 spiro atoms. The van der Waals surface area contributed by atoms with E-state index in [9.17, 15) is 10.1 Å². The molecule has 0 amide bonds. The van der Waals surface area contributed by atoms with Gasteiger partial charge in [-0.2, -0.15) is 5.10 Å². The fourth-order valence-electron chi connectivity index (χ4n) is 1.33. The maximum absolute atomic E-state index is 10.6. The number of aromatic amines is 1. The zero-order chi connectivity index (χ0) is 12.3. The van der Waals surface area contributed by atoms with Crippen molar-refractivity contribution in [3.63, 3.8) is 0 Å². The first-order chi connectivity index (χ1) is 8.16. The third-order valence-electron chi connectivity index (χ3n) is 2.15. The van der Waals surface area contributed by atoms with Crippen LogP contribution in [0.25, 0.3) is 0 Å². The predicted octanol–water partition coefficient (Wildman–Crippen LogP) is 0.907. The summed E-state index contributed by atoms with van der Waals surface area (Å²) in [5, 5.41) is 20.0. The van der Waals surface area contributed by atoms with Crippen molar-refractivity contribution in [3.05, 3.63) is 40.5 Å². The van der Waals surface area contributed by atoms with Crippen molar-refractivity contribution in [2.45, 2.75) is 6.54 Å². The number of nitro benzene ring substituents is 1. The molecule has 0 bridgehead atoms.